The number of thiophene rings is 1. The van der Waals surface area contributed by atoms with Gasteiger partial charge in [-0.25, -0.2) is 13.4 Å². The van der Waals surface area contributed by atoms with Crippen molar-refractivity contribution in [2.45, 2.75) is 18.1 Å². The van der Waals surface area contributed by atoms with Gasteiger partial charge < -0.3 is 4.74 Å². The van der Waals surface area contributed by atoms with Crippen molar-refractivity contribution < 1.29 is 13.2 Å². The van der Waals surface area contributed by atoms with Crippen molar-refractivity contribution in [1.29, 1.82) is 0 Å². The molecule has 1 aliphatic rings. The number of fused-ring (bicyclic) bond motifs is 1. The molecule has 0 N–H and O–H groups in total. The van der Waals surface area contributed by atoms with E-state index in [1.54, 1.807) is 18.2 Å². The summed E-state index contributed by atoms with van der Waals surface area (Å²) in [4.78, 5) is 4.26. The highest BCUT2D eigenvalue weighted by Gasteiger charge is 2.32. The summed E-state index contributed by atoms with van der Waals surface area (Å²) in [6, 6.07) is 5.20. The van der Waals surface area contributed by atoms with Gasteiger partial charge in [-0.1, -0.05) is 0 Å². The summed E-state index contributed by atoms with van der Waals surface area (Å²) in [5.41, 5.74) is 2.20. The van der Waals surface area contributed by atoms with Gasteiger partial charge in [0.25, 0.3) is 10.0 Å². The van der Waals surface area contributed by atoms with Crippen molar-refractivity contribution in [3.8, 4) is 5.88 Å². The molecule has 3 rings (SSSR count). The molecule has 0 unspecified atom stereocenters. The topological polar surface area (TPSA) is 59.5 Å². The number of aromatic nitrogens is 1. The average molecular weight is 389 g/mol. The fraction of sp³-hybridized carbons (Fsp3) is 0.308. The summed E-state index contributed by atoms with van der Waals surface area (Å²) in [5.74, 6) is 0.372. The van der Waals surface area contributed by atoms with E-state index >= 15 is 0 Å². The molecule has 21 heavy (non-hydrogen) atoms. The molecular weight excluding hydrogens is 376 g/mol. The van der Waals surface area contributed by atoms with E-state index < -0.39 is 10.0 Å². The number of anilines is 1. The van der Waals surface area contributed by atoms with Crippen LogP contribution in [0, 0.1) is 13.8 Å². The first-order valence-electron chi connectivity index (χ1n) is 6.29. The minimum atomic E-state index is -3.59. The molecule has 0 atom stereocenters. The minimum Gasteiger partial charge on any atom is -0.474 e. The molecule has 5 nitrogen and oxygen atoms in total. The van der Waals surface area contributed by atoms with Crippen LogP contribution in [0.5, 0.6) is 5.88 Å². The van der Waals surface area contributed by atoms with Crippen molar-refractivity contribution in [2.75, 3.05) is 17.5 Å². The van der Waals surface area contributed by atoms with E-state index in [4.69, 9.17) is 4.74 Å². The van der Waals surface area contributed by atoms with Gasteiger partial charge in [0, 0.05) is 5.69 Å². The lowest BCUT2D eigenvalue weighted by atomic mass is 10.3. The molecule has 0 aromatic carbocycles. The molecule has 3 heterocycles. The standard InChI is InChI=1S/C13H13BrN2O3S2/c1-8-7-11(20-12(8)14)21(17,18)16-5-6-19-13-10(16)4-3-9(2)15-13/h3-4,7H,5-6H2,1-2H3. The minimum absolute atomic E-state index is 0.286. The van der Waals surface area contributed by atoms with Crippen LogP contribution in [-0.4, -0.2) is 26.6 Å². The van der Waals surface area contributed by atoms with E-state index in [0.717, 1.165) is 15.0 Å². The maximum Gasteiger partial charge on any atom is 0.274 e. The number of halogens is 1. The van der Waals surface area contributed by atoms with Gasteiger partial charge in [0.1, 0.15) is 16.5 Å². The predicted molar refractivity (Wildman–Crippen MR) is 85.8 cm³/mol. The highest BCUT2D eigenvalue weighted by Crippen LogP contribution is 2.37. The molecule has 2 aromatic heterocycles. The number of aryl methyl sites for hydroxylation is 2. The molecule has 2 aromatic rings. The van der Waals surface area contributed by atoms with Crippen LogP contribution in [0.4, 0.5) is 5.69 Å². The fourth-order valence-corrected chi connectivity index (χ4v) is 5.87. The number of nitrogens with zero attached hydrogens (tertiary/aromatic N) is 2. The third-order valence-electron chi connectivity index (χ3n) is 3.16. The first kappa shape index (κ1) is 14.8. The molecule has 0 bridgehead atoms. The van der Waals surface area contributed by atoms with Crippen LogP contribution in [-0.2, 0) is 10.0 Å². The van der Waals surface area contributed by atoms with Gasteiger partial charge in [-0.3, -0.25) is 4.31 Å². The zero-order chi connectivity index (χ0) is 15.2. The summed E-state index contributed by atoms with van der Waals surface area (Å²) in [6.45, 7) is 4.30. The second kappa shape index (κ2) is 5.26. The third-order valence-corrected chi connectivity index (χ3v) is 7.56. The van der Waals surface area contributed by atoms with Gasteiger partial charge in [0.2, 0.25) is 5.88 Å². The van der Waals surface area contributed by atoms with Crippen LogP contribution in [0.25, 0.3) is 0 Å². The molecule has 0 amide bonds. The van der Waals surface area contributed by atoms with Crippen LogP contribution < -0.4 is 9.04 Å². The zero-order valence-corrected chi connectivity index (χ0v) is 14.7. The SMILES string of the molecule is Cc1ccc2c(n1)OCCN2S(=O)(=O)c1cc(C)c(Br)s1. The van der Waals surface area contributed by atoms with Crippen LogP contribution >= 0.6 is 27.3 Å². The van der Waals surface area contributed by atoms with Crippen LogP contribution in [0.2, 0.25) is 0 Å². The van der Waals surface area contributed by atoms with Crippen LogP contribution in [0.15, 0.2) is 26.2 Å². The third kappa shape index (κ3) is 2.56. The molecule has 8 heteroatoms. The average Bonchev–Trinajstić information content (AvgIpc) is 2.78. The molecule has 0 radical (unpaired) electrons. The monoisotopic (exact) mass is 388 g/mol. The van der Waals surface area contributed by atoms with Gasteiger partial charge >= 0.3 is 0 Å². The lowest BCUT2D eigenvalue weighted by Crippen LogP contribution is -2.37. The van der Waals surface area contributed by atoms with Gasteiger partial charge in [0.05, 0.1) is 10.3 Å². The van der Waals surface area contributed by atoms with Crippen molar-refractivity contribution in [2.24, 2.45) is 0 Å². The van der Waals surface area contributed by atoms with Crippen molar-refractivity contribution >= 4 is 43.0 Å². The number of sulfonamides is 1. The highest BCUT2D eigenvalue weighted by molar-refractivity contribution is 9.11. The summed E-state index contributed by atoms with van der Waals surface area (Å²) in [5, 5.41) is 0. The maximum absolute atomic E-state index is 12.8. The molecule has 112 valence electrons. The number of ether oxygens (including phenoxy) is 1. The molecule has 0 spiro atoms. The quantitative estimate of drug-likeness (QED) is 0.792. The normalized spacial score (nSPS) is 14.7. The lowest BCUT2D eigenvalue weighted by molar-refractivity contribution is 0.302. The van der Waals surface area contributed by atoms with Crippen molar-refractivity contribution in [3.63, 3.8) is 0 Å². The summed E-state index contributed by atoms with van der Waals surface area (Å²) in [7, 11) is -3.59. The van der Waals surface area contributed by atoms with Crippen molar-refractivity contribution in [3.05, 3.63) is 33.2 Å². The first-order valence-corrected chi connectivity index (χ1v) is 9.33. The van der Waals surface area contributed by atoms with E-state index in [9.17, 15) is 8.42 Å². The van der Waals surface area contributed by atoms with E-state index in [-0.39, 0.29) is 6.54 Å². The molecule has 1 aliphatic heterocycles. The number of rotatable bonds is 2. The molecule has 0 fully saturated rings. The Balaban J connectivity index is 2.09. The molecule has 0 saturated carbocycles. The van der Waals surface area contributed by atoms with E-state index in [2.05, 4.69) is 20.9 Å². The molecule has 0 saturated heterocycles. The Bertz CT molecular complexity index is 782. The van der Waals surface area contributed by atoms with Gasteiger partial charge in [-0.15, -0.1) is 11.3 Å². The summed E-state index contributed by atoms with van der Waals surface area (Å²) in [6.07, 6.45) is 0. The molecule has 0 aliphatic carbocycles. The van der Waals surface area contributed by atoms with Gasteiger partial charge in [-0.2, -0.15) is 0 Å². The van der Waals surface area contributed by atoms with Gasteiger partial charge in [-0.05, 0) is 53.5 Å². The smallest absolute Gasteiger partial charge is 0.274 e. The fourth-order valence-electron chi connectivity index (χ4n) is 2.08. The second-order valence-corrected chi connectivity index (χ2v) is 9.18. The Kier molecular flexibility index (Phi) is 3.71. The first-order chi connectivity index (χ1) is 9.89. The van der Waals surface area contributed by atoms with Crippen LogP contribution in [0.3, 0.4) is 0 Å². The lowest BCUT2D eigenvalue weighted by Gasteiger charge is -2.29. The Morgan fingerprint density at radius 2 is 2.14 bits per heavy atom. The summed E-state index contributed by atoms with van der Waals surface area (Å²) >= 11 is 4.59. The summed E-state index contributed by atoms with van der Waals surface area (Å²) < 4.78 is 33.7. The largest absolute Gasteiger partial charge is 0.474 e. The van der Waals surface area contributed by atoms with E-state index in [1.165, 1.54) is 15.6 Å². The molecular formula is C13H13BrN2O3S2. The Hall–Kier alpha value is -1.12. The van der Waals surface area contributed by atoms with Crippen molar-refractivity contribution in [1.82, 2.24) is 4.98 Å². The van der Waals surface area contributed by atoms with Crippen LogP contribution in [0.1, 0.15) is 11.3 Å². The highest BCUT2D eigenvalue weighted by atomic mass is 79.9. The number of hydrogen-bond donors (Lipinski definition) is 0. The maximum atomic E-state index is 12.8. The zero-order valence-electron chi connectivity index (χ0n) is 11.5. The van der Waals surface area contributed by atoms with Gasteiger partial charge in [0.15, 0.2) is 0 Å². The predicted octanol–water partition coefficient (Wildman–Crippen LogP) is 3.11. The Morgan fingerprint density at radius 3 is 2.81 bits per heavy atom. The van der Waals surface area contributed by atoms with E-state index in [1.807, 2.05) is 13.8 Å². The Labute approximate surface area is 135 Å². The second-order valence-electron chi connectivity index (χ2n) is 4.72. The number of pyridine rings is 1. The number of hydrogen-bond acceptors (Lipinski definition) is 5. The Morgan fingerprint density at radius 1 is 1.38 bits per heavy atom. The van der Waals surface area contributed by atoms with E-state index in [0.29, 0.717) is 22.4 Å².